The van der Waals surface area contributed by atoms with E-state index in [2.05, 4.69) is 17.0 Å². The lowest BCUT2D eigenvalue weighted by Crippen LogP contribution is -2.42. The lowest BCUT2D eigenvalue weighted by atomic mass is 9.81. The summed E-state index contributed by atoms with van der Waals surface area (Å²) in [5.41, 5.74) is 0.0510. The Balaban J connectivity index is 0.00000220. The molecule has 1 aliphatic heterocycles. The van der Waals surface area contributed by atoms with E-state index in [4.69, 9.17) is 0 Å². The van der Waals surface area contributed by atoms with E-state index in [0.29, 0.717) is 11.4 Å². The Hall–Kier alpha value is -0.270. The van der Waals surface area contributed by atoms with Crippen molar-refractivity contribution in [3.63, 3.8) is 0 Å². The van der Waals surface area contributed by atoms with E-state index < -0.39 is 10.0 Å². The van der Waals surface area contributed by atoms with Gasteiger partial charge in [-0.1, -0.05) is 13.0 Å². The summed E-state index contributed by atoms with van der Waals surface area (Å²) in [7, 11) is -3.41. The van der Waals surface area contributed by atoms with E-state index in [0.717, 1.165) is 30.8 Å². The van der Waals surface area contributed by atoms with Crippen LogP contribution in [0.25, 0.3) is 0 Å². The highest BCUT2D eigenvalue weighted by Crippen LogP contribution is 2.27. The molecule has 0 bridgehead atoms. The second-order valence-electron chi connectivity index (χ2n) is 5.56. The number of sulfonamides is 1. The zero-order valence-electron chi connectivity index (χ0n) is 12.4. The molecule has 0 amide bonds. The van der Waals surface area contributed by atoms with Gasteiger partial charge in [-0.05, 0) is 55.8 Å². The van der Waals surface area contributed by atoms with Gasteiger partial charge in [0.1, 0.15) is 0 Å². The molecular formula is C14H23ClN2O2S2. The second kappa shape index (κ2) is 7.83. The molecule has 0 unspecified atom stereocenters. The molecule has 0 spiro atoms. The number of nitrogens with one attached hydrogen (secondary N) is 2. The third-order valence-electron chi connectivity index (χ3n) is 3.85. The highest BCUT2D eigenvalue weighted by atomic mass is 35.5. The molecule has 1 aromatic carbocycles. The highest BCUT2D eigenvalue weighted by molar-refractivity contribution is 7.98. The zero-order valence-corrected chi connectivity index (χ0v) is 14.8. The normalized spacial score (nSPS) is 18.0. The summed E-state index contributed by atoms with van der Waals surface area (Å²) in [6.07, 6.45) is 3.94. The SMILES string of the molecule is CSc1cccc(S(=O)(=O)NCC2(C)CCNCC2)c1.Cl. The molecule has 21 heavy (non-hydrogen) atoms. The van der Waals surface area contributed by atoms with Gasteiger partial charge in [-0.3, -0.25) is 0 Å². The van der Waals surface area contributed by atoms with Crippen molar-refractivity contribution in [2.24, 2.45) is 5.41 Å². The molecule has 1 fully saturated rings. The molecule has 7 heteroatoms. The third-order valence-corrected chi connectivity index (χ3v) is 5.98. The smallest absolute Gasteiger partial charge is 0.240 e. The van der Waals surface area contributed by atoms with Crippen LogP contribution in [0.15, 0.2) is 34.1 Å². The van der Waals surface area contributed by atoms with Crippen LogP contribution in [0.3, 0.4) is 0 Å². The summed E-state index contributed by atoms with van der Waals surface area (Å²) in [4.78, 5) is 1.31. The standard InChI is InChI=1S/C14H22N2O2S2.ClH/c1-14(6-8-15-9-7-14)11-16-20(17,18)13-5-3-4-12(10-13)19-2;/h3-5,10,15-16H,6-9,11H2,1-2H3;1H. The lowest BCUT2D eigenvalue weighted by Gasteiger charge is -2.34. The van der Waals surface area contributed by atoms with Crippen LogP contribution in [-0.2, 0) is 10.0 Å². The summed E-state index contributed by atoms with van der Waals surface area (Å²) in [6, 6.07) is 7.06. The molecular weight excluding hydrogens is 328 g/mol. The maximum absolute atomic E-state index is 12.3. The van der Waals surface area contributed by atoms with Gasteiger partial charge >= 0.3 is 0 Å². The van der Waals surface area contributed by atoms with Gasteiger partial charge < -0.3 is 5.32 Å². The van der Waals surface area contributed by atoms with Crippen LogP contribution in [0.5, 0.6) is 0 Å². The minimum atomic E-state index is -3.41. The predicted octanol–water partition coefficient (Wildman–Crippen LogP) is 2.50. The zero-order chi connectivity index (χ0) is 14.6. The van der Waals surface area contributed by atoms with Gasteiger partial charge in [0, 0.05) is 11.4 Å². The summed E-state index contributed by atoms with van der Waals surface area (Å²) < 4.78 is 27.5. The molecule has 1 heterocycles. The van der Waals surface area contributed by atoms with Crippen LogP contribution in [-0.4, -0.2) is 34.3 Å². The van der Waals surface area contributed by atoms with Gasteiger partial charge in [0.2, 0.25) is 10.0 Å². The first-order valence-electron chi connectivity index (χ1n) is 6.80. The maximum atomic E-state index is 12.3. The van der Waals surface area contributed by atoms with Gasteiger partial charge in [0.05, 0.1) is 4.90 Å². The fourth-order valence-electron chi connectivity index (χ4n) is 2.33. The van der Waals surface area contributed by atoms with Gasteiger partial charge in [-0.25, -0.2) is 13.1 Å². The summed E-state index contributed by atoms with van der Waals surface area (Å²) in [5, 5.41) is 3.30. The van der Waals surface area contributed by atoms with Crippen molar-refractivity contribution in [3.8, 4) is 0 Å². The van der Waals surface area contributed by atoms with Gasteiger partial charge in [0.15, 0.2) is 0 Å². The number of thioether (sulfide) groups is 1. The Bertz CT molecular complexity index is 558. The summed E-state index contributed by atoms with van der Waals surface area (Å²) in [6.45, 7) is 4.57. The molecule has 1 aromatic rings. The van der Waals surface area contributed by atoms with Gasteiger partial charge in [-0.15, -0.1) is 24.2 Å². The van der Waals surface area contributed by atoms with Crippen molar-refractivity contribution in [1.82, 2.24) is 10.0 Å². The van der Waals surface area contributed by atoms with Crippen LogP contribution in [0.2, 0.25) is 0 Å². The van der Waals surface area contributed by atoms with Crippen LogP contribution in [0, 0.1) is 5.41 Å². The van der Waals surface area contributed by atoms with Crippen molar-refractivity contribution in [2.45, 2.75) is 29.6 Å². The molecule has 0 aromatic heterocycles. The van der Waals surface area contributed by atoms with Crippen molar-refractivity contribution < 1.29 is 8.42 Å². The monoisotopic (exact) mass is 350 g/mol. The fraction of sp³-hybridized carbons (Fsp3) is 0.571. The first-order chi connectivity index (χ1) is 9.45. The molecule has 0 saturated carbocycles. The molecule has 0 radical (unpaired) electrons. The van der Waals surface area contributed by atoms with Crippen molar-refractivity contribution in [3.05, 3.63) is 24.3 Å². The Morgan fingerprint density at radius 1 is 1.33 bits per heavy atom. The van der Waals surface area contributed by atoms with Crippen LogP contribution in [0.1, 0.15) is 19.8 Å². The van der Waals surface area contributed by atoms with Crippen molar-refractivity contribution >= 4 is 34.2 Å². The number of hydrogen-bond donors (Lipinski definition) is 2. The largest absolute Gasteiger partial charge is 0.317 e. The van der Waals surface area contributed by atoms with Gasteiger partial charge in [-0.2, -0.15) is 0 Å². The first-order valence-corrected chi connectivity index (χ1v) is 9.50. The Kier molecular flexibility index (Phi) is 7.00. The fourth-order valence-corrected chi connectivity index (χ4v) is 4.11. The maximum Gasteiger partial charge on any atom is 0.240 e. The highest BCUT2D eigenvalue weighted by Gasteiger charge is 2.28. The summed E-state index contributed by atoms with van der Waals surface area (Å²) in [5.74, 6) is 0. The molecule has 2 rings (SSSR count). The lowest BCUT2D eigenvalue weighted by molar-refractivity contribution is 0.232. The Labute approximate surface area is 137 Å². The third kappa shape index (κ3) is 5.14. The summed E-state index contributed by atoms with van der Waals surface area (Å²) >= 11 is 1.54. The second-order valence-corrected chi connectivity index (χ2v) is 8.21. The van der Waals surface area contributed by atoms with Crippen LogP contribution in [0.4, 0.5) is 0 Å². The number of piperidine rings is 1. The Morgan fingerprint density at radius 2 is 2.00 bits per heavy atom. The average molecular weight is 351 g/mol. The number of hydrogen-bond acceptors (Lipinski definition) is 4. The quantitative estimate of drug-likeness (QED) is 0.801. The van der Waals surface area contributed by atoms with Gasteiger partial charge in [0.25, 0.3) is 0 Å². The van der Waals surface area contributed by atoms with E-state index in [1.807, 2.05) is 12.3 Å². The van der Waals surface area contributed by atoms with E-state index in [9.17, 15) is 8.42 Å². The number of benzene rings is 1. The molecule has 1 aliphatic rings. The van der Waals surface area contributed by atoms with E-state index >= 15 is 0 Å². The molecule has 0 atom stereocenters. The van der Waals surface area contributed by atoms with E-state index in [1.54, 1.807) is 30.0 Å². The molecule has 2 N–H and O–H groups in total. The molecule has 120 valence electrons. The van der Waals surface area contributed by atoms with E-state index in [-0.39, 0.29) is 17.8 Å². The van der Waals surface area contributed by atoms with Crippen molar-refractivity contribution in [1.29, 1.82) is 0 Å². The predicted molar refractivity (Wildman–Crippen MR) is 90.9 cm³/mol. The van der Waals surface area contributed by atoms with Crippen LogP contribution < -0.4 is 10.0 Å². The number of halogens is 1. The Morgan fingerprint density at radius 3 is 2.62 bits per heavy atom. The van der Waals surface area contributed by atoms with E-state index in [1.165, 1.54) is 0 Å². The first kappa shape index (κ1) is 18.8. The molecule has 0 aliphatic carbocycles. The molecule has 1 saturated heterocycles. The molecule has 4 nitrogen and oxygen atoms in total. The number of rotatable bonds is 5. The van der Waals surface area contributed by atoms with Crippen molar-refractivity contribution in [2.75, 3.05) is 25.9 Å². The average Bonchev–Trinajstić information content (AvgIpc) is 2.46. The van der Waals surface area contributed by atoms with Crippen LogP contribution >= 0.6 is 24.2 Å². The minimum Gasteiger partial charge on any atom is -0.317 e. The minimum absolute atomic E-state index is 0. The topological polar surface area (TPSA) is 58.2 Å².